The Balaban J connectivity index is 1.10. The summed E-state index contributed by atoms with van der Waals surface area (Å²) < 4.78 is 53.4. The molecule has 0 aromatic heterocycles. The van der Waals surface area contributed by atoms with Crippen molar-refractivity contribution in [1.82, 2.24) is 42.5 Å². The number of aliphatic hydroxyl groups is 6. The molecular weight excluding hydrogens is 1670 g/mol. The van der Waals surface area contributed by atoms with E-state index in [9.17, 15) is 65.4 Å². The van der Waals surface area contributed by atoms with E-state index in [4.69, 9.17) is 72.6 Å². The molecule has 0 unspecified atom stereocenters. The first kappa shape index (κ1) is 88.7. The van der Waals surface area contributed by atoms with Crippen LogP contribution in [0.1, 0.15) is 131 Å². The van der Waals surface area contributed by atoms with Gasteiger partial charge in [-0.25, -0.2) is 4.79 Å². The van der Waals surface area contributed by atoms with E-state index in [2.05, 4.69) is 58.5 Å². The number of nitrogens with one attached hydrogen (secondary N) is 8. The molecule has 0 aliphatic carbocycles. The van der Waals surface area contributed by atoms with Crippen molar-refractivity contribution in [2.75, 3.05) is 13.7 Å². The van der Waals surface area contributed by atoms with Gasteiger partial charge >= 0.3 is 5.97 Å². The lowest BCUT2D eigenvalue weighted by atomic mass is 9.84. The molecular formula is C80H93BrCl2N10O26. The first-order valence-electron chi connectivity index (χ1n) is 38.0. The molecule has 11 bridgehead atoms. The maximum atomic E-state index is 16.5. The highest BCUT2D eigenvalue weighted by Crippen LogP contribution is 2.51. The molecule has 8 aliphatic heterocycles. The third-order valence-corrected chi connectivity index (χ3v) is 23.1. The number of hydrogen-bond donors (Lipinski definition) is 20. The highest BCUT2D eigenvalue weighted by Gasteiger charge is 2.53. The minimum atomic E-state index is -2.39. The van der Waals surface area contributed by atoms with Crippen LogP contribution in [0.2, 0.25) is 10.0 Å². The number of nitrogens with two attached hydrogens (primary N) is 2. The highest BCUT2D eigenvalue weighted by atomic mass is 79.9. The number of carboxylic acids is 1. The van der Waals surface area contributed by atoms with Crippen LogP contribution < -0.4 is 68.2 Å². The molecule has 3 saturated heterocycles. The summed E-state index contributed by atoms with van der Waals surface area (Å²) in [4.78, 5) is 121. The standard InChI is InChI=1S/C80H93BrCl2N10O26/c1-31(2)18-45(86-7)71(104)92-61-63(99)35-13-16-49(43(82)20-35)114-51-22-38-23-52(67(51)119-78-68(65(101)64(100)53(30-94)116-78)118-56-28-80(6,70(103)33(4)113-56)87-29-37-10-8-9-11-42(37)81)115-50-17-14-36(21-44(50)83)66(117-55-27-79(5,85)69(102)32(3)112-55)62-76(109)91-60(77(110)111)41-24-39(95)25-48(97)57(41)40-19-34(12-15-47(40)96)58(73(106)93-62)90-74(107)59(38)89-72(105)46(26-54(84)98)88-75(61)108/h8-17,19-25,31-33,45-46,53,55-56,58-66,68-70,78,86-87,94-97,99-103H,18,26-30,85H2,1-7H3,(H2,84,98)(H,88,108)(H,89,105)(H,90,107)(H,91,109)(H,92,104)(H,93,106)(H,110,111)/t32-,33-,45+,46-,53+,55-,56-,58+,59+,60+,61+,62-,63+,64+,65-,66+,68+,69+,70+,78-,79-,80-/m0/s1. The van der Waals surface area contributed by atoms with Crippen LogP contribution in [0.25, 0.3) is 11.1 Å². The maximum Gasteiger partial charge on any atom is 0.330 e. The van der Waals surface area contributed by atoms with Gasteiger partial charge in [0.2, 0.25) is 53.4 Å². The fourth-order valence-electron chi connectivity index (χ4n) is 15.3. The first-order valence-corrected chi connectivity index (χ1v) is 39.5. The SMILES string of the molecule is CN[C@H](CC(C)C)C(=O)N[C@H]1C(=O)N[C@@H](CC(N)=O)C(=O)N[C@H]2C(=O)N[C@H]3C(=O)N[C@H](C(=O)N[C@@H](C(=O)O)c4cc(O)cc(O)c4-c4cc3ccc4O)[C@H](O[C@H]3C[C@](C)(N)[C@H](O)[C@H](C)O3)c3ccc(c(Cl)c3)Oc3cc2cc(c3O[C@@H]2O[C@H](CO)[C@@H](O)[C@H](O)[C@H]2O[C@H]2C[C@](C)(NCc3ccccc3Br)[C@H](O)[C@H](C)O2)Oc2ccc(cc2Cl)[C@H]1O. The summed E-state index contributed by atoms with van der Waals surface area (Å²) in [5.41, 5.74) is 7.81. The number of aliphatic hydroxyl groups excluding tert-OH is 6. The first-order chi connectivity index (χ1) is 56.2. The number of ether oxygens (including phenoxy) is 8. The molecule has 22 atom stereocenters. The predicted octanol–water partition coefficient (Wildman–Crippen LogP) is 2.94. The van der Waals surface area contributed by atoms with Crippen molar-refractivity contribution in [1.29, 1.82) is 0 Å². The number of amides is 7. The molecule has 8 aliphatic rings. The highest BCUT2D eigenvalue weighted by molar-refractivity contribution is 9.10. The van der Waals surface area contributed by atoms with Crippen LogP contribution in [-0.4, -0.2) is 215 Å². The van der Waals surface area contributed by atoms with E-state index >= 15 is 24.0 Å². The summed E-state index contributed by atoms with van der Waals surface area (Å²) in [6.45, 7) is 9.08. The van der Waals surface area contributed by atoms with Crippen LogP contribution in [0.4, 0.5) is 0 Å². The smallest absolute Gasteiger partial charge is 0.330 e. The molecule has 640 valence electrons. The number of rotatable bonds is 18. The Hall–Kier alpha value is -9.62. The molecule has 0 saturated carbocycles. The van der Waals surface area contributed by atoms with Crippen molar-refractivity contribution in [2.24, 2.45) is 17.4 Å². The van der Waals surface area contributed by atoms with Crippen molar-refractivity contribution in [3.63, 3.8) is 0 Å². The molecule has 6 aromatic carbocycles. The number of fused-ring (bicyclic) bond motifs is 15. The largest absolute Gasteiger partial charge is 0.508 e. The molecule has 6 aromatic rings. The Morgan fingerprint density at radius 2 is 1.29 bits per heavy atom. The quantitative estimate of drug-likeness (QED) is 0.0588. The molecule has 119 heavy (non-hydrogen) atoms. The minimum absolute atomic E-state index is 0.115. The van der Waals surface area contributed by atoms with Gasteiger partial charge in [-0.1, -0.05) is 89.4 Å². The summed E-state index contributed by atoms with van der Waals surface area (Å²) in [5, 5.41) is 137. The average Bonchev–Trinajstić information content (AvgIpc) is 0.757. The Labute approximate surface area is 698 Å². The topological polar surface area (TPSA) is 561 Å². The number of primary amides is 1. The number of carbonyl (C=O) groups excluding carboxylic acids is 7. The van der Waals surface area contributed by atoms with E-state index in [-0.39, 0.29) is 59.2 Å². The van der Waals surface area contributed by atoms with Gasteiger partial charge in [-0.2, -0.15) is 0 Å². The van der Waals surface area contributed by atoms with Crippen LogP contribution in [-0.2, 0) is 68.6 Å². The summed E-state index contributed by atoms with van der Waals surface area (Å²) in [6, 6.07) is 6.96. The number of phenolic OH excluding ortho intramolecular Hbond substituents is 3. The van der Waals surface area contributed by atoms with Crippen LogP contribution >= 0.6 is 39.1 Å². The lowest BCUT2D eigenvalue weighted by molar-refractivity contribution is -0.334. The number of likely N-dealkylation sites (N-methyl/N-ethyl adjacent to an activating group) is 1. The van der Waals surface area contributed by atoms with Gasteiger partial charge in [0.25, 0.3) is 0 Å². The minimum Gasteiger partial charge on any atom is -0.508 e. The normalized spacial score (nSPS) is 30.7. The second-order valence-corrected chi connectivity index (χ2v) is 32.8. The molecule has 14 rings (SSSR count). The summed E-state index contributed by atoms with van der Waals surface area (Å²) in [7, 11) is 1.48. The second kappa shape index (κ2) is 36.4. The number of aliphatic carboxylic acids is 1. The zero-order valence-electron chi connectivity index (χ0n) is 65.0. The van der Waals surface area contributed by atoms with Gasteiger partial charge in [-0.15, -0.1) is 0 Å². The van der Waals surface area contributed by atoms with E-state index < -0.39 is 261 Å². The van der Waals surface area contributed by atoms with Crippen LogP contribution in [0.3, 0.4) is 0 Å². The number of carboxylic acid groups (broad SMARTS) is 1. The monoisotopic (exact) mass is 1760 g/mol. The number of halogens is 3. The van der Waals surface area contributed by atoms with E-state index in [0.717, 1.165) is 58.6 Å². The van der Waals surface area contributed by atoms with E-state index in [1.165, 1.54) is 51.2 Å². The Morgan fingerprint density at radius 1 is 0.681 bits per heavy atom. The van der Waals surface area contributed by atoms with Crippen molar-refractivity contribution in [3.8, 4) is 57.1 Å². The average molecular weight is 1760 g/mol. The molecule has 0 radical (unpaired) electrons. The summed E-state index contributed by atoms with van der Waals surface area (Å²) in [5.74, 6) is -16.1. The van der Waals surface area contributed by atoms with Crippen LogP contribution in [0.15, 0.2) is 108 Å². The number of carbonyl (C=O) groups is 8. The lowest BCUT2D eigenvalue weighted by Crippen LogP contribution is -2.65. The molecule has 3 fully saturated rings. The second-order valence-electron chi connectivity index (χ2n) is 31.1. The van der Waals surface area contributed by atoms with Gasteiger partial charge in [0.1, 0.15) is 89.5 Å². The van der Waals surface area contributed by atoms with Gasteiger partial charge in [-0.05, 0) is 136 Å². The molecule has 0 spiro atoms. The van der Waals surface area contributed by atoms with Crippen molar-refractivity contribution in [2.45, 2.75) is 207 Å². The predicted molar refractivity (Wildman–Crippen MR) is 423 cm³/mol. The molecule has 22 N–H and O–H groups in total. The fourth-order valence-corrected chi connectivity index (χ4v) is 16.2. The molecule has 8 heterocycles. The summed E-state index contributed by atoms with van der Waals surface area (Å²) in [6.07, 6.45) is -22.8. The van der Waals surface area contributed by atoms with E-state index in [1.807, 2.05) is 38.1 Å². The number of hydrogen-bond acceptors (Lipinski definition) is 28. The third kappa shape index (κ3) is 19.3. The van der Waals surface area contributed by atoms with E-state index in [1.54, 1.807) is 13.8 Å². The van der Waals surface area contributed by atoms with Gasteiger partial charge in [0, 0.05) is 57.7 Å². The Bertz CT molecular complexity index is 4880. The Kier molecular flexibility index (Phi) is 27.1. The number of phenols is 3. The Morgan fingerprint density at radius 3 is 1.92 bits per heavy atom. The molecule has 39 heteroatoms. The van der Waals surface area contributed by atoms with Gasteiger partial charge < -0.3 is 143 Å². The zero-order chi connectivity index (χ0) is 86.3. The molecule has 36 nitrogen and oxygen atoms in total. The van der Waals surface area contributed by atoms with Crippen LogP contribution in [0.5, 0.6) is 46.0 Å². The lowest BCUT2D eigenvalue weighted by Gasteiger charge is -2.48. The number of benzene rings is 6. The van der Waals surface area contributed by atoms with E-state index in [0.29, 0.717) is 0 Å². The summed E-state index contributed by atoms with van der Waals surface area (Å²) >= 11 is 18.2. The van der Waals surface area contributed by atoms with Gasteiger partial charge in [0.05, 0.1) is 53.5 Å². The van der Waals surface area contributed by atoms with Gasteiger partial charge in [-0.3, -0.25) is 33.6 Å². The number of aromatic hydroxyl groups is 3. The third-order valence-electron chi connectivity index (χ3n) is 21.7. The fraction of sp³-hybridized carbons (Fsp3) is 0.450. The van der Waals surface area contributed by atoms with Crippen molar-refractivity contribution in [3.05, 3.63) is 151 Å². The van der Waals surface area contributed by atoms with Crippen molar-refractivity contribution >= 4 is 86.5 Å². The van der Waals surface area contributed by atoms with Crippen molar-refractivity contribution < 1.29 is 127 Å². The molecule has 7 amide bonds. The van der Waals surface area contributed by atoms with Crippen LogP contribution in [0, 0.1) is 5.92 Å². The maximum absolute atomic E-state index is 16.5. The van der Waals surface area contributed by atoms with Gasteiger partial charge in [0.15, 0.2) is 36.2 Å². The zero-order valence-corrected chi connectivity index (χ0v) is 68.1.